The summed E-state index contributed by atoms with van der Waals surface area (Å²) < 4.78 is 0. The number of carbonyl (C=O) groups excluding carboxylic acids is 2. The number of carbonyl (C=O) groups is 2. The highest BCUT2D eigenvalue weighted by molar-refractivity contribution is 6.31. The summed E-state index contributed by atoms with van der Waals surface area (Å²) in [5.41, 5.74) is 1.57. The fourth-order valence-corrected chi connectivity index (χ4v) is 2.68. The summed E-state index contributed by atoms with van der Waals surface area (Å²) in [7, 11) is 0. The van der Waals surface area contributed by atoms with Crippen LogP contribution in [0.5, 0.6) is 0 Å². The van der Waals surface area contributed by atoms with Gasteiger partial charge in [0.1, 0.15) is 12.6 Å². The Labute approximate surface area is 116 Å². The lowest BCUT2D eigenvalue weighted by Gasteiger charge is -2.33. The van der Waals surface area contributed by atoms with Crippen molar-refractivity contribution in [1.29, 1.82) is 0 Å². The molecule has 1 N–H and O–H groups in total. The number of anilines is 1. The molecule has 0 radical (unpaired) electrons. The third-order valence-electron chi connectivity index (χ3n) is 3.77. The average molecular weight is 279 g/mol. The molecule has 1 saturated heterocycles. The highest BCUT2D eigenvalue weighted by Crippen LogP contribution is 2.36. The van der Waals surface area contributed by atoms with Crippen LogP contribution in [0.25, 0.3) is 0 Å². The van der Waals surface area contributed by atoms with Gasteiger partial charge in [-0.05, 0) is 43.4 Å². The van der Waals surface area contributed by atoms with E-state index in [0.29, 0.717) is 10.9 Å². The van der Waals surface area contributed by atoms with E-state index in [1.807, 2.05) is 13.0 Å². The van der Waals surface area contributed by atoms with Gasteiger partial charge in [0, 0.05) is 10.7 Å². The molecule has 1 atom stereocenters. The van der Waals surface area contributed by atoms with E-state index in [4.69, 9.17) is 11.6 Å². The minimum absolute atomic E-state index is 0.0209. The largest absolute Gasteiger partial charge is 0.342 e. The molecule has 1 aliphatic heterocycles. The Morgan fingerprint density at radius 2 is 2.05 bits per heavy atom. The number of rotatable bonds is 2. The van der Waals surface area contributed by atoms with E-state index in [2.05, 4.69) is 5.32 Å². The number of nitrogens with one attached hydrogen (secondary N) is 1. The van der Waals surface area contributed by atoms with E-state index >= 15 is 0 Å². The quantitative estimate of drug-likeness (QED) is 0.898. The number of benzene rings is 1. The van der Waals surface area contributed by atoms with Crippen LogP contribution in [0.2, 0.25) is 5.02 Å². The average Bonchev–Trinajstić information content (AvgIpc) is 3.20. The van der Waals surface area contributed by atoms with Crippen LogP contribution in [-0.4, -0.2) is 24.4 Å². The Hall–Kier alpha value is -1.55. The van der Waals surface area contributed by atoms with Crippen LogP contribution in [0.1, 0.15) is 18.4 Å². The van der Waals surface area contributed by atoms with Crippen molar-refractivity contribution in [1.82, 2.24) is 5.32 Å². The number of nitrogens with zero attached hydrogens (tertiary/aromatic N) is 1. The lowest BCUT2D eigenvalue weighted by atomic mass is 10.1. The van der Waals surface area contributed by atoms with Crippen molar-refractivity contribution in [2.75, 3.05) is 11.4 Å². The molecule has 2 fully saturated rings. The number of halogens is 1. The maximum atomic E-state index is 12.5. The van der Waals surface area contributed by atoms with Crippen molar-refractivity contribution in [3.8, 4) is 0 Å². The molecule has 1 heterocycles. The first-order valence-electron chi connectivity index (χ1n) is 6.44. The van der Waals surface area contributed by atoms with Crippen molar-refractivity contribution in [2.45, 2.75) is 25.8 Å². The summed E-state index contributed by atoms with van der Waals surface area (Å²) in [6.45, 7) is 1.94. The normalized spacial score (nSPS) is 23.5. The molecule has 2 aliphatic rings. The van der Waals surface area contributed by atoms with Gasteiger partial charge in [0.15, 0.2) is 0 Å². The maximum Gasteiger partial charge on any atom is 0.250 e. The van der Waals surface area contributed by atoms with E-state index < -0.39 is 0 Å². The molecule has 0 bridgehead atoms. The maximum absolute atomic E-state index is 12.5. The van der Waals surface area contributed by atoms with Gasteiger partial charge < -0.3 is 10.2 Å². The molecule has 19 heavy (non-hydrogen) atoms. The van der Waals surface area contributed by atoms with Crippen molar-refractivity contribution >= 4 is 29.1 Å². The van der Waals surface area contributed by atoms with Gasteiger partial charge >= 0.3 is 0 Å². The van der Waals surface area contributed by atoms with Gasteiger partial charge in [-0.1, -0.05) is 17.7 Å². The topological polar surface area (TPSA) is 49.4 Å². The van der Waals surface area contributed by atoms with E-state index in [0.717, 1.165) is 24.1 Å². The van der Waals surface area contributed by atoms with Gasteiger partial charge in [-0.25, -0.2) is 0 Å². The summed E-state index contributed by atoms with van der Waals surface area (Å²) in [5, 5.41) is 3.41. The second-order valence-corrected chi connectivity index (χ2v) is 5.60. The molecule has 100 valence electrons. The van der Waals surface area contributed by atoms with Gasteiger partial charge in [-0.15, -0.1) is 0 Å². The highest BCUT2D eigenvalue weighted by Gasteiger charge is 2.43. The molecule has 4 nitrogen and oxygen atoms in total. The summed E-state index contributed by atoms with van der Waals surface area (Å²) in [5.74, 6) is 0.182. The molecular weight excluding hydrogens is 264 g/mol. The first kappa shape index (κ1) is 12.5. The third-order valence-corrected chi connectivity index (χ3v) is 4.18. The molecule has 0 aromatic heterocycles. The van der Waals surface area contributed by atoms with Crippen molar-refractivity contribution in [2.24, 2.45) is 5.92 Å². The van der Waals surface area contributed by atoms with E-state index in [1.165, 1.54) is 0 Å². The monoisotopic (exact) mass is 278 g/mol. The second kappa shape index (κ2) is 4.53. The SMILES string of the molecule is Cc1c(Cl)cccc1N1CC(=O)NC(C2CC2)C1=O. The molecule has 0 spiro atoms. The lowest BCUT2D eigenvalue weighted by Crippen LogP contribution is -2.59. The Balaban J connectivity index is 1.96. The van der Waals surface area contributed by atoms with E-state index in [9.17, 15) is 9.59 Å². The summed E-state index contributed by atoms with van der Waals surface area (Å²) >= 11 is 6.09. The Morgan fingerprint density at radius 3 is 2.74 bits per heavy atom. The zero-order valence-electron chi connectivity index (χ0n) is 10.6. The van der Waals surface area contributed by atoms with Crippen LogP contribution in [0.3, 0.4) is 0 Å². The standard InChI is InChI=1S/C14H15ClN2O2/c1-8-10(15)3-2-4-11(8)17-7-12(18)16-13(14(17)19)9-5-6-9/h2-4,9,13H,5-7H2,1H3,(H,16,18). The fourth-order valence-electron chi connectivity index (χ4n) is 2.51. The van der Waals surface area contributed by atoms with Crippen LogP contribution in [0.4, 0.5) is 5.69 Å². The molecule has 3 rings (SSSR count). The molecular formula is C14H15ClN2O2. The number of piperazine rings is 1. The van der Waals surface area contributed by atoms with Crippen LogP contribution >= 0.6 is 11.6 Å². The highest BCUT2D eigenvalue weighted by atomic mass is 35.5. The van der Waals surface area contributed by atoms with Gasteiger partial charge in [0.2, 0.25) is 11.8 Å². The summed E-state index contributed by atoms with van der Waals surface area (Å²) in [4.78, 5) is 25.8. The van der Waals surface area contributed by atoms with Crippen LogP contribution in [-0.2, 0) is 9.59 Å². The molecule has 1 saturated carbocycles. The zero-order valence-corrected chi connectivity index (χ0v) is 11.4. The van der Waals surface area contributed by atoms with E-state index in [-0.39, 0.29) is 24.4 Å². The van der Waals surface area contributed by atoms with Crippen molar-refractivity contribution in [3.05, 3.63) is 28.8 Å². The summed E-state index contributed by atoms with van der Waals surface area (Å²) in [6.07, 6.45) is 2.03. The molecule has 1 aliphatic carbocycles. The van der Waals surface area contributed by atoms with Crippen LogP contribution in [0.15, 0.2) is 18.2 Å². The van der Waals surface area contributed by atoms with Gasteiger partial charge in [0.05, 0.1) is 0 Å². The molecule has 1 unspecified atom stereocenters. The Kier molecular flexibility index (Phi) is 2.97. The zero-order chi connectivity index (χ0) is 13.6. The Morgan fingerprint density at radius 1 is 1.32 bits per heavy atom. The predicted molar refractivity (Wildman–Crippen MR) is 73.2 cm³/mol. The van der Waals surface area contributed by atoms with Crippen LogP contribution in [0, 0.1) is 12.8 Å². The molecule has 2 amide bonds. The van der Waals surface area contributed by atoms with Crippen molar-refractivity contribution < 1.29 is 9.59 Å². The first-order valence-corrected chi connectivity index (χ1v) is 6.81. The fraction of sp³-hybridized carbons (Fsp3) is 0.429. The smallest absolute Gasteiger partial charge is 0.250 e. The number of hydrogen-bond acceptors (Lipinski definition) is 2. The predicted octanol–water partition coefficient (Wildman–Crippen LogP) is 1.89. The second-order valence-electron chi connectivity index (χ2n) is 5.19. The Bertz CT molecular complexity index is 554. The van der Waals surface area contributed by atoms with Gasteiger partial charge in [0.25, 0.3) is 0 Å². The number of hydrogen-bond donors (Lipinski definition) is 1. The van der Waals surface area contributed by atoms with E-state index in [1.54, 1.807) is 17.0 Å². The lowest BCUT2D eigenvalue weighted by molar-refractivity contribution is -0.131. The first-order chi connectivity index (χ1) is 9.08. The van der Waals surface area contributed by atoms with Gasteiger partial charge in [-0.3, -0.25) is 9.59 Å². The van der Waals surface area contributed by atoms with Crippen LogP contribution < -0.4 is 10.2 Å². The molecule has 5 heteroatoms. The minimum atomic E-state index is -0.361. The van der Waals surface area contributed by atoms with Gasteiger partial charge in [-0.2, -0.15) is 0 Å². The molecule has 1 aromatic carbocycles. The number of amides is 2. The minimum Gasteiger partial charge on any atom is -0.342 e. The third kappa shape index (κ3) is 2.21. The summed E-state index contributed by atoms with van der Waals surface area (Å²) in [6, 6.07) is 5.06. The molecule has 1 aromatic rings. The van der Waals surface area contributed by atoms with Crippen molar-refractivity contribution in [3.63, 3.8) is 0 Å².